The lowest BCUT2D eigenvalue weighted by atomic mass is 10.1. The van der Waals surface area contributed by atoms with Crippen LogP contribution in [0.15, 0.2) is 79.0 Å². The van der Waals surface area contributed by atoms with Gasteiger partial charge in [-0.1, -0.05) is 36.4 Å². The molecule has 0 radical (unpaired) electrons. The first-order valence-electron chi connectivity index (χ1n) is 11.2. The van der Waals surface area contributed by atoms with Crippen molar-refractivity contribution in [3.63, 3.8) is 0 Å². The highest BCUT2D eigenvalue weighted by molar-refractivity contribution is 5.95. The van der Waals surface area contributed by atoms with Crippen molar-refractivity contribution in [1.82, 2.24) is 19.7 Å². The van der Waals surface area contributed by atoms with Gasteiger partial charge in [-0.2, -0.15) is 5.10 Å². The van der Waals surface area contributed by atoms with Crippen LogP contribution in [0.5, 0.6) is 5.75 Å². The van der Waals surface area contributed by atoms with Crippen LogP contribution in [0.1, 0.15) is 21.6 Å². The number of amides is 1. The Kier molecular flexibility index (Phi) is 5.85. The molecule has 7 heteroatoms. The van der Waals surface area contributed by atoms with Crippen molar-refractivity contribution in [2.75, 3.05) is 31.1 Å². The fourth-order valence-electron chi connectivity index (χ4n) is 4.19. The molecule has 2 aromatic carbocycles. The smallest absolute Gasteiger partial charge is 0.254 e. The van der Waals surface area contributed by atoms with Crippen molar-refractivity contribution in [2.45, 2.75) is 13.5 Å². The minimum Gasteiger partial charge on any atom is -0.489 e. The quantitative estimate of drug-likeness (QED) is 0.490. The van der Waals surface area contributed by atoms with Crippen LogP contribution in [-0.2, 0) is 6.61 Å². The molecule has 0 unspecified atom stereocenters. The molecule has 1 saturated heterocycles. The number of nitrogens with one attached hydrogen (secondary N) is 1. The maximum absolute atomic E-state index is 13.3. The number of H-pyrrole nitrogens is 1. The lowest BCUT2D eigenvalue weighted by Crippen LogP contribution is -2.49. The molecule has 5 rings (SSSR count). The van der Waals surface area contributed by atoms with E-state index in [0.717, 1.165) is 41.7 Å². The summed E-state index contributed by atoms with van der Waals surface area (Å²) in [4.78, 5) is 17.6. The standard InChI is InChI=1S/C26H27N5O2/c1-20-18-24(28-27-20)31-13-7-12-25(31)29-14-16-30(17-15-29)26(32)23-11-6-5-8-21(23)19-33-22-9-3-2-4-10-22/h2-13,18H,14-17,19H2,1H3,(H,27,28). The molecular weight excluding hydrogens is 414 g/mol. The zero-order valence-corrected chi connectivity index (χ0v) is 18.6. The first-order chi connectivity index (χ1) is 16.2. The van der Waals surface area contributed by atoms with Crippen molar-refractivity contribution >= 4 is 11.7 Å². The number of carbonyl (C=O) groups excluding carboxylic acids is 1. The van der Waals surface area contributed by atoms with Gasteiger partial charge in [-0.3, -0.25) is 14.5 Å². The van der Waals surface area contributed by atoms with Crippen LogP contribution in [0, 0.1) is 6.92 Å². The second-order valence-electron chi connectivity index (χ2n) is 8.18. The molecule has 2 aromatic heterocycles. The molecule has 1 N–H and O–H groups in total. The number of nitrogens with zero attached hydrogens (tertiary/aromatic N) is 4. The summed E-state index contributed by atoms with van der Waals surface area (Å²) in [5.74, 6) is 2.81. The van der Waals surface area contributed by atoms with E-state index in [1.807, 2.05) is 84.8 Å². The SMILES string of the molecule is Cc1cc(-n2cccc2N2CCN(C(=O)c3ccccc3COc3ccccc3)CC2)n[nH]1. The third-order valence-electron chi connectivity index (χ3n) is 5.94. The molecule has 3 heterocycles. The van der Waals surface area contributed by atoms with Gasteiger partial charge in [0.25, 0.3) is 5.91 Å². The Balaban J connectivity index is 1.25. The molecule has 0 aliphatic carbocycles. The Hall–Kier alpha value is -4.00. The molecule has 1 fully saturated rings. The lowest BCUT2D eigenvalue weighted by Gasteiger charge is -2.36. The van der Waals surface area contributed by atoms with Crippen LogP contribution in [0.3, 0.4) is 0 Å². The molecule has 0 saturated carbocycles. The van der Waals surface area contributed by atoms with Crippen LogP contribution in [0.25, 0.3) is 5.82 Å². The fraction of sp³-hybridized carbons (Fsp3) is 0.231. The van der Waals surface area contributed by atoms with E-state index < -0.39 is 0 Å². The van der Waals surface area contributed by atoms with Gasteiger partial charge in [0.15, 0.2) is 5.82 Å². The molecule has 1 amide bonds. The Bertz CT molecular complexity index is 1220. The number of ether oxygens (including phenoxy) is 1. The Morgan fingerprint density at radius 2 is 1.73 bits per heavy atom. The van der Waals surface area contributed by atoms with E-state index >= 15 is 0 Å². The number of hydrogen-bond acceptors (Lipinski definition) is 4. The molecule has 33 heavy (non-hydrogen) atoms. The Morgan fingerprint density at radius 1 is 0.970 bits per heavy atom. The van der Waals surface area contributed by atoms with Gasteiger partial charge >= 0.3 is 0 Å². The normalized spacial score (nSPS) is 13.8. The number of hydrogen-bond donors (Lipinski definition) is 1. The third-order valence-corrected chi connectivity index (χ3v) is 5.94. The van der Waals surface area contributed by atoms with Crippen LogP contribution in [-0.4, -0.2) is 51.8 Å². The first-order valence-corrected chi connectivity index (χ1v) is 11.2. The number of anilines is 1. The highest BCUT2D eigenvalue weighted by Crippen LogP contribution is 2.23. The number of aromatic nitrogens is 3. The number of piperazine rings is 1. The molecular formula is C26H27N5O2. The summed E-state index contributed by atoms with van der Waals surface area (Å²) < 4.78 is 7.98. The van der Waals surface area contributed by atoms with Crippen LogP contribution in [0.4, 0.5) is 5.82 Å². The van der Waals surface area contributed by atoms with Crippen molar-refractivity contribution in [2.24, 2.45) is 0 Å². The monoisotopic (exact) mass is 441 g/mol. The van der Waals surface area contributed by atoms with E-state index in [9.17, 15) is 4.79 Å². The number of aromatic amines is 1. The molecule has 0 spiro atoms. The first kappa shape index (κ1) is 20.9. The van der Waals surface area contributed by atoms with Crippen LogP contribution in [0.2, 0.25) is 0 Å². The number of aryl methyl sites for hydroxylation is 1. The van der Waals surface area contributed by atoms with Gasteiger partial charge in [0.2, 0.25) is 0 Å². The average Bonchev–Trinajstić information content (AvgIpc) is 3.52. The second kappa shape index (κ2) is 9.24. The van der Waals surface area contributed by atoms with Gasteiger partial charge < -0.3 is 14.5 Å². The summed E-state index contributed by atoms with van der Waals surface area (Å²) in [6.07, 6.45) is 2.02. The number of carbonyl (C=O) groups is 1. The van der Waals surface area contributed by atoms with E-state index in [1.165, 1.54) is 0 Å². The number of para-hydroxylation sites is 1. The predicted molar refractivity (Wildman–Crippen MR) is 128 cm³/mol. The highest BCUT2D eigenvalue weighted by atomic mass is 16.5. The predicted octanol–water partition coefficient (Wildman–Crippen LogP) is 4.05. The molecule has 0 bridgehead atoms. The zero-order valence-electron chi connectivity index (χ0n) is 18.6. The zero-order chi connectivity index (χ0) is 22.6. The molecule has 1 aliphatic heterocycles. The lowest BCUT2D eigenvalue weighted by molar-refractivity contribution is 0.0743. The third kappa shape index (κ3) is 4.48. The summed E-state index contributed by atoms with van der Waals surface area (Å²) in [5, 5.41) is 7.38. The molecule has 7 nitrogen and oxygen atoms in total. The van der Waals surface area contributed by atoms with Gasteiger partial charge in [0, 0.05) is 55.3 Å². The van der Waals surface area contributed by atoms with Crippen molar-refractivity contribution < 1.29 is 9.53 Å². The van der Waals surface area contributed by atoms with E-state index in [1.54, 1.807) is 0 Å². The summed E-state index contributed by atoms with van der Waals surface area (Å²) >= 11 is 0. The van der Waals surface area contributed by atoms with E-state index in [4.69, 9.17) is 4.74 Å². The minimum absolute atomic E-state index is 0.0558. The van der Waals surface area contributed by atoms with Gasteiger partial charge in [0.1, 0.15) is 18.2 Å². The van der Waals surface area contributed by atoms with Gasteiger partial charge in [0.05, 0.1) is 0 Å². The van der Waals surface area contributed by atoms with E-state index in [-0.39, 0.29) is 5.91 Å². The maximum Gasteiger partial charge on any atom is 0.254 e. The van der Waals surface area contributed by atoms with Gasteiger partial charge in [-0.05, 0) is 37.3 Å². The average molecular weight is 442 g/mol. The van der Waals surface area contributed by atoms with E-state index in [0.29, 0.717) is 25.3 Å². The fourth-order valence-corrected chi connectivity index (χ4v) is 4.19. The Morgan fingerprint density at radius 3 is 2.48 bits per heavy atom. The van der Waals surface area contributed by atoms with E-state index in [2.05, 4.69) is 25.7 Å². The molecule has 0 atom stereocenters. The molecule has 168 valence electrons. The topological polar surface area (TPSA) is 66.4 Å². The minimum atomic E-state index is 0.0558. The number of rotatable bonds is 6. The largest absolute Gasteiger partial charge is 0.489 e. The van der Waals surface area contributed by atoms with Crippen molar-refractivity contribution in [3.8, 4) is 11.6 Å². The van der Waals surface area contributed by atoms with Crippen molar-refractivity contribution in [1.29, 1.82) is 0 Å². The summed E-state index contributed by atoms with van der Waals surface area (Å²) in [6, 6.07) is 23.5. The van der Waals surface area contributed by atoms with Crippen LogP contribution >= 0.6 is 0 Å². The number of benzene rings is 2. The summed E-state index contributed by atoms with van der Waals surface area (Å²) in [5.41, 5.74) is 2.63. The van der Waals surface area contributed by atoms with Gasteiger partial charge in [-0.25, -0.2) is 0 Å². The molecule has 4 aromatic rings. The van der Waals surface area contributed by atoms with Crippen molar-refractivity contribution in [3.05, 3.63) is 95.8 Å². The Labute approximate surface area is 193 Å². The second-order valence-corrected chi connectivity index (χ2v) is 8.18. The summed E-state index contributed by atoms with van der Waals surface area (Å²) in [7, 11) is 0. The van der Waals surface area contributed by atoms with Crippen LogP contribution < -0.4 is 9.64 Å². The van der Waals surface area contributed by atoms with Gasteiger partial charge in [-0.15, -0.1) is 0 Å². The summed E-state index contributed by atoms with van der Waals surface area (Å²) in [6.45, 7) is 5.22. The molecule has 1 aliphatic rings. The maximum atomic E-state index is 13.3. The highest BCUT2D eigenvalue weighted by Gasteiger charge is 2.25.